The standard InChI is InChI=1S/C14H14OS/c1-11(15)16-10-12-6-8-14(9-7-12)13-4-2-3-5-13/h2-8H,9-10H2,1H3. The van der Waals surface area contributed by atoms with E-state index < -0.39 is 0 Å². The van der Waals surface area contributed by atoms with E-state index in [0.29, 0.717) is 0 Å². The molecule has 2 aliphatic rings. The van der Waals surface area contributed by atoms with Gasteiger partial charge < -0.3 is 0 Å². The zero-order valence-corrected chi connectivity index (χ0v) is 10.1. The highest BCUT2D eigenvalue weighted by atomic mass is 32.2. The van der Waals surface area contributed by atoms with Crippen LogP contribution in [0.25, 0.3) is 0 Å². The number of carbonyl (C=O) groups excluding carboxylic acids is 1. The summed E-state index contributed by atoms with van der Waals surface area (Å²) in [6.45, 7) is 1.61. The molecule has 1 nitrogen and oxygen atoms in total. The maximum absolute atomic E-state index is 10.8. The van der Waals surface area contributed by atoms with Crippen LogP contribution >= 0.6 is 11.8 Å². The summed E-state index contributed by atoms with van der Waals surface area (Å²) in [5.74, 6) is 0.792. The molecule has 0 fully saturated rings. The molecule has 0 aromatic carbocycles. The first-order valence-electron chi connectivity index (χ1n) is 5.34. The van der Waals surface area contributed by atoms with E-state index in [2.05, 4.69) is 42.5 Å². The summed E-state index contributed by atoms with van der Waals surface area (Å²) < 4.78 is 0. The topological polar surface area (TPSA) is 17.1 Å². The molecule has 0 aliphatic heterocycles. The van der Waals surface area contributed by atoms with Gasteiger partial charge in [0.25, 0.3) is 0 Å². The van der Waals surface area contributed by atoms with Crippen LogP contribution < -0.4 is 0 Å². The van der Waals surface area contributed by atoms with Gasteiger partial charge in [-0.3, -0.25) is 4.79 Å². The third-order valence-corrected chi connectivity index (χ3v) is 3.44. The third-order valence-electron chi connectivity index (χ3n) is 2.56. The van der Waals surface area contributed by atoms with E-state index in [9.17, 15) is 4.79 Å². The molecule has 0 N–H and O–H groups in total. The molecule has 16 heavy (non-hydrogen) atoms. The van der Waals surface area contributed by atoms with E-state index in [1.165, 1.54) is 28.5 Å². The second-order valence-electron chi connectivity index (χ2n) is 3.80. The van der Waals surface area contributed by atoms with Crippen molar-refractivity contribution in [3.05, 3.63) is 59.3 Å². The van der Waals surface area contributed by atoms with Crippen molar-refractivity contribution in [2.45, 2.75) is 13.3 Å². The highest BCUT2D eigenvalue weighted by Gasteiger charge is 2.06. The number of hydrogen-bond donors (Lipinski definition) is 0. The van der Waals surface area contributed by atoms with E-state index in [1.807, 2.05) is 0 Å². The minimum atomic E-state index is 0.181. The molecule has 2 aliphatic carbocycles. The van der Waals surface area contributed by atoms with E-state index in [-0.39, 0.29) is 5.12 Å². The van der Waals surface area contributed by atoms with E-state index in [1.54, 1.807) is 6.92 Å². The Hall–Kier alpha value is -1.28. The molecule has 2 rings (SSSR count). The summed E-state index contributed by atoms with van der Waals surface area (Å²) in [4.78, 5) is 10.8. The maximum Gasteiger partial charge on any atom is 0.186 e. The van der Waals surface area contributed by atoms with E-state index in [4.69, 9.17) is 0 Å². The van der Waals surface area contributed by atoms with Crippen molar-refractivity contribution >= 4 is 16.9 Å². The molecule has 0 spiro atoms. The van der Waals surface area contributed by atoms with Gasteiger partial charge in [0, 0.05) is 12.7 Å². The summed E-state index contributed by atoms with van der Waals surface area (Å²) >= 11 is 1.37. The summed E-state index contributed by atoms with van der Waals surface area (Å²) in [5.41, 5.74) is 3.89. The predicted molar refractivity (Wildman–Crippen MR) is 70.3 cm³/mol. The normalized spacial score (nSPS) is 18.2. The number of rotatable bonds is 2. The first-order valence-corrected chi connectivity index (χ1v) is 6.32. The number of carbonyl (C=O) groups is 1. The van der Waals surface area contributed by atoms with Gasteiger partial charge in [0.1, 0.15) is 0 Å². The van der Waals surface area contributed by atoms with Gasteiger partial charge in [-0.25, -0.2) is 0 Å². The van der Waals surface area contributed by atoms with Crippen LogP contribution in [0.4, 0.5) is 0 Å². The molecule has 0 aromatic heterocycles. The quantitative estimate of drug-likeness (QED) is 0.721. The molecule has 0 saturated heterocycles. The molecule has 0 heterocycles. The summed E-state index contributed by atoms with van der Waals surface area (Å²) in [5, 5.41) is 0.181. The lowest BCUT2D eigenvalue weighted by molar-refractivity contribution is -0.109. The zero-order valence-electron chi connectivity index (χ0n) is 9.27. The Labute approximate surface area is 100 Å². The van der Waals surface area contributed by atoms with Gasteiger partial charge >= 0.3 is 0 Å². The number of allylic oxidation sites excluding steroid dienone is 9. The average molecular weight is 230 g/mol. The SMILES string of the molecule is CC(=O)SCC1=CCC(=C2C=CC=C2)C=C1. The molecular formula is C14H14OS. The molecule has 82 valence electrons. The van der Waals surface area contributed by atoms with Crippen LogP contribution in [0.1, 0.15) is 13.3 Å². The van der Waals surface area contributed by atoms with Gasteiger partial charge in [-0.05, 0) is 23.1 Å². The summed E-state index contributed by atoms with van der Waals surface area (Å²) in [6, 6.07) is 0. The minimum Gasteiger partial charge on any atom is -0.288 e. The van der Waals surface area contributed by atoms with Crippen molar-refractivity contribution in [3.63, 3.8) is 0 Å². The summed E-state index contributed by atoms with van der Waals surface area (Å²) in [7, 11) is 0. The van der Waals surface area contributed by atoms with Crippen molar-refractivity contribution in [3.8, 4) is 0 Å². The maximum atomic E-state index is 10.8. The lowest BCUT2D eigenvalue weighted by atomic mass is 9.99. The average Bonchev–Trinajstić information content (AvgIpc) is 2.80. The zero-order chi connectivity index (χ0) is 11.4. The second kappa shape index (κ2) is 5.17. The first kappa shape index (κ1) is 11.2. The smallest absolute Gasteiger partial charge is 0.186 e. The molecule has 2 heteroatoms. The fraction of sp³-hybridized carbons (Fsp3) is 0.214. The van der Waals surface area contributed by atoms with Gasteiger partial charge in [0.15, 0.2) is 5.12 Å². The van der Waals surface area contributed by atoms with Gasteiger partial charge in [-0.1, -0.05) is 54.3 Å². The third kappa shape index (κ3) is 2.86. The first-order chi connectivity index (χ1) is 7.75. The Morgan fingerprint density at radius 2 is 2.00 bits per heavy atom. The number of hydrogen-bond acceptors (Lipinski definition) is 2. The minimum absolute atomic E-state index is 0.181. The fourth-order valence-electron chi connectivity index (χ4n) is 1.68. The Morgan fingerprint density at radius 3 is 2.56 bits per heavy atom. The summed E-state index contributed by atoms with van der Waals surface area (Å²) in [6.07, 6.45) is 15.8. The molecule has 0 radical (unpaired) electrons. The predicted octanol–water partition coefficient (Wildman–Crippen LogP) is 3.58. The lowest BCUT2D eigenvalue weighted by Crippen LogP contribution is -1.94. The molecule has 0 aromatic rings. The van der Waals surface area contributed by atoms with Crippen LogP contribution in [0.3, 0.4) is 0 Å². The Morgan fingerprint density at radius 1 is 1.25 bits per heavy atom. The van der Waals surface area contributed by atoms with E-state index in [0.717, 1.165) is 12.2 Å². The van der Waals surface area contributed by atoms with Crippen molar-refractivity contribution in [1.29, 1.82) is 0 Å². The molecule has 0 bridgehead atoms. The molecular weight excluding hydrogens is 216 g/mol. The van der Waals surface area contributed by atoms with Crippen molar-refractivity contribution in [2.24, 2.45) is 0 Å². The van der Waals surface area contributed by atoms with Crippen molar-refractivity contribution in [2.75, 3.05) is 5.75 Å². The lowest BCUT2D eigenvalue weighted by Gasteiger charge is -2.10. The van der Waals surface area contributed by atoms with Crippen LogP contribution in [-0.4, -0.2) is 10.9 Å². The van der Waals surface area contributed by atoms with Crippen LogP contribution in [-0.2, 0) is 4.79 Å². The monoisotopic (exact) mass is 230 g/mol. The Kier molecular flexibility index (Phi) is 3.62. The van der Waals surface area contributed by atoms with Crippen LogP contribution in [0, 0.1) is 0 Å². The van der Waals surface area contributed by atoms with Gasteiger partial charge in [0.2, 0.25) is 0 Å². The molecule has 0 atom stereocenters. The van der Waals surface area contributed by atoms with E-state index >= 15 is 0 Å². The molecule has 0 amide bonds. The molecule has 0 saturated carbocycles. The van der Waals surface area contributed by atoms with Crippen LogP contribution in [0.2, 0.25) is 0 Å². The Bertz CT molecular complexity index is 433. The highest BCUT2D eigenvalue weighted by Crippen LogP contribution is 2.24. The number of thioether (sulfide) groups is 1. The molecule has 0 unspecified atom stereocenters. The van der Waals surface area contributed by atoms with Gasteiger partial charge in [-0.15, -0.1) is 0 Å². The van der Waals surface area contributed by atoms with Gasteiger partial charge in [0.05, 0.1) is 0 Å². The van der Waals surface area contributed by atoms with Crippen LogP contribution in [0.5, 0.6) is 0 Å². The van der Waals surface area contributed by atoms with Crippen molar-refractivity contribution in [1.82, 2.24) is 0 Å². The highest BCUT2D eigenvalue weighted by molar-refractivity contribution is 8.13. The van der Waals surface area contributed by atoms with Crippen molar-refractivity contribution < 1.29 is 4.79 Å². The fourth-order valence-corrected chi connectivity index (χ4v) is 2.26. The van der Waals surface area contributed by atoms with Crippen LogP contribution in [0.15, 0.2) is 59.3 Å². The second-order valence-corrected chi connectivity index (χ2v) is 4.95. The largest absolute Gasteiger partial charge is 0.288 e. The Balaban J connectivity index is 1.98. The van der Waals surface area contributed by atoms with Gasteiger partial charge in [-0.2, -0.15) is 0 Å².